The molecule has 27 heavy (non-hydrogen) atoms. The Labute approximate surface area is 161 Å². The lowest BCUT2D eigenvalue weighted by molar-refractivity contribution is 0.0952. The summed E-state index contributed by atoms with van der Waals surface area (Å²) in [7, 11) is 0. The van der Waals surface area contributed by atoms with E-state index in [0.717, 1.165) is 29.1 Å². The van der Waals surface area contributed by atoms with Crippen molar-refractivity contribution in [3.05, 3.63) is 70.7 Å². The summed E-state index contributed by atoms with van der Waals surface area (Å²) in [6.07, 6.45) is 2.04. The molecular weight excluding hydrogens is 358 g/mol. The summed E-state index contributed by atoms with van der Waals surface area (Å²) in [5.41, 5.74) is 3.49. The highest BCUT2D eigenvalue weighted by molar-refractivity contribution is 7.13. The minimum Gasteiger partial charge on any atom is -0.349 e. The molecule has 2 aromatic carbocycles. The molecule has 0 bridgehead atoms. The summed E-state index contributed by atoms with van der Waals surface area (Å²) >= 11 is 1.58. The van der Waals surface area contributed by atoms with Crippen LogP contribution in [0.25, 0.3) is 10.6 Å². The van der Waals surface area contributed by atoms with E-state index in [9.17, 15) is 9.59 Å². The van der Waals surface area contributed by atoms with Gasteiger partial charge in [-0.25, -0.2) is 4.98 Å². The van der Waals surface area contributed by atoms with Gasteiger partial charge in [0.15, 0.2) is 0 Å². The number of hydrogen-bond acceptors (Lipinski definition) is 4. The number of anilines is 1. The number of aromatic nitrogens is 1. The maximum Gasteiger partial charge on any atom is 0.255 e. The Morgan fingerprint density at radius 1 is 1.04 bits per heavy atom. The predicted molar refractivity (Wildman–Crippen MR) is 107 cm³/mol. The highest BCUT2D eigenvalue weighted by atomic mass is 32.1. The van der Waals surface area contributed by atoms with Crippen molar-refractivity contribution >= 4 is 28.8 Å². The zero-order valence-electron chi connectivity index (χ0n) is 14.9. The number of rotatable bonds is 5. The third-order valence-electron chi connectivity index (χ3n) is 4.35. The summed E-state index contributed by atoms with van der Waals surface area (Å²) in [4.78, 5) is 29.4. The number of hydrogen-bond donors (Lipinski definition) is 2. The van der Waals surface area contributed by atoms with E-state index in [1.54, 1.807) is 47.7 Å². The van der Waals surface area contributed by atoms with Gasteiger partial charge in [0.2, 0.25) is 0 Å². The van der Waals surface area contributed by atoms with Gasteiger partial charge in [0.05, 0.1) is 11.3 Å². The minimum atomic E-state index is -0.247. The van der Waals surface area contributed by atoms with Crippen LogP contribution in [0.5, 0.6) is 0 Å². The van der Waals surface area contributed by atoms with Gasteiger partial charge in [-0.3, -0.25) is 9.59 Å². The van der Waals surface area contributed by atoms with Crippen LogP contribution in [0, 0.1) is 6.92 Å². The molecule has 1 saturated carbocycles. The van der Waals surface area contributed by atoms with Crippen LogP contribution >= 0.6 is 11.3 Å². The monoisotopic (exact) mass is 377 g/mol. The smallest absolute Gasteiger partial charge is 0.255 e. The Kier molecular flexibility index (Phi) is 4.73. The van der Waals surface area contributed by atoms with Gasteiger partial charge in [-0.2, -0.15) is 0 Å². The van der Waals surface area contributed by atoms with Crippen LogP contribution in [0.1, 0.15) is 39.3 Å². The Morgan fingerprint density at radius 3 is 2.44 bits per heavy atom. The van der Waals surface area contributed by atoms with Crippen LogP contribution in [0.15, 0.2) is 53.9 Å². The van der Waals surface area contributed by atoms with Gasteiger partial charge in [0.25, 0.3) is 11.8 Å². The van der Waals surface area contributed by atoms with Crippen LogP contribution in [-0.4, -0.2) is 22.8 Å². The van der Waals surface area contributed by atoms with Crippen molar-refractivity contribution in [1.29, 1.82) is 0 Å². The van der Waals surface area contributed by atoms with Crippen LogP contribution in [-0.2, 0) is 0 Å². The first kappa shape index (κ1) is 17.4. The molecule has 0 aliphatic heterocycles. The van der Waals surface area contributed by atoms with E-state index in [4.69, 9.17) is 0 Å². The molecule has 1 fully saturated rings. The summed E-state index contributed by atoms with van der Waals surface area (Å²) in [5, 5.41) is 8.74. The number of nitrogens with one attached hydrogen (secondary N) is 2. The fourth-order valence-corrected chi connectivity index (χ4v) is 3.53. The van der Waals surface area contributed by atoms with E-state index in [1.807, 2.05) is 24.4 Å². The largest absolute Gasteiger partial charge is 0.349 e. The lowest BCUT2D eigenvalue weighted by atomic mass is 10.1. The Balaban J connectivity index is 1.50. The van der Waals surface area contributed by atoms with E-state index < -0.39 is 0 Å². The van der Waals surface area contributed by atoms with Crippen molar-refractivity contribution in [3.8, 4) is 10.6 Å². The molecule has 4 rings (SSSR count). The number of thiazole rings is 1. The standard InChI is InChI=1S/C21H19N3O2S/c1-13-12-27-21(22-13)15-8-6-14(7-9-15)19(25)24-18-5-3-2-4-17(18)20(26)23-16-10-11-16/h2-9,12,16H,10-11H2,1H3,(H,23,26)(H,24,25). The SMILES string of the molecule is Cc1csc(-c2ccc(C(=O)Nc3ccccc3C(=O)NC3CC3)cc2)n1. The third-order valence-corrected chi connectivity index (χ3v) is 5.35. The van der Waals surface area contributed by atoms with Crippen molar-refractivity contribution in [3.63, 3.8) is 0 Å². The lowest BCUT2D eigenvalue weighted by Gasteiger charge is -2.11. The first-order valence-electron chi connectivity index (χ1n) is 8.84. The fourth-order valence-electron chi connectivity index (χ4n) is 2.73. The first-order valence-corrected chi connectivity index (χ1v) is 9.72. The fraction of sp³-hybridized carbons (Fsp3) is 0.190. The Morgan fingerprint density at radius 2 is 1.78 bits per heavy atom. The average molecular weight is 377 g/mol. The maximum absolute atomic E-state index is 12.6. The van der Waals surface area contributed by atoms with Crippen molar-refractivity contribution < 1.29 is 9.59 Å². The molecule has 0 radical (unpaired) electrons. The summed E-state index contributed by atoms with van der Waals surface area (Å²) in [6.45, 7) is 1.96. The molecule has 2 N–H and O–H groups in total. The quantitative estimate of drug-likeness (QED) is 0.698. The second-order valence-electron chi connectivity index (χ2n) is 6.62. The summed E-state index contributed by atoms with van der Waals surface area (Å²) in [5.74, 6) is -0.397. The molecule has 1 aliphatic rings. The number of benzene rings is 2. The zero-order chi connectivity index (χ0) is 18.8. The van der Waals surface area contributed by atoms with E-state index in [0.29, 0.717) is 16.8 Å². The zero-order valence-corrected chi connectivity index (χ0v) is 15.7. The third kappa shape index (κ3) is 4.06. The first-order chi connectivity index (χ1) is 13.1. The second-order valence-corrected chi connectivity index (χ2v) is 7.48. The van der Waals surface area contributed by atoms with Gasteiger partial charge in [0, 0.05) is 28.2 Å². The molecule has 136 valence electrons. The van der Waals surface area contributed by atoms with Gasteiger partial charge in [-0.05, 0) is 44.0 Å². The molecule has 0 saturated heterocycles. The molecule has 1 aromatic heterocycles. The molecule has 1 heterocycles. The maximum atomic E-state index is 12.6. The van der Waals surface area contributed by atoms with Crippen molar-refractivity contribution in [1.82, 2.24) is 10.3 Å². The van der Waals surface area contributed by atoms with E-state index >= 15 is 0 Å². The van der Waals surface area contributed by atoms with E-state index in [-0.39, 0.29) is 17.9 Å². The lowest BCUT2D eigenvalue weighted by Crippen LogP contribution is -2.27. The predicted octanol–water partition coefficient (Wildman–Crippen LogP) is 4.26. The normalized spacial score (nSPS) is 13.2. The van der Waals surface area contributed by atoms with E-state index in [1.165, 1.54) is 0 Å². The Bertz CT molecular complexity index is 991. The molecule has 0 unspecified atom stereocenters. The van der Waals surface area contributed by atoms with Gasteiger partial charge in [-0.1, -0.05) is 24.3 Å². The van der Waals surface area contributed by atoms with Gasteiger partial charge in [-0.15, -0.1) is 11.3 Å². The minimum absolute atomic E-state index is 0.150. The van der Waals surface area contributed by atoms with E-state index in [2.05, 4.69) is 15.6 Å². The molecule has 0 atom stereocenters. The Hall–Kier alpha value is -2.99. The van der Waals surface area contributed by atoms with Crippen LogP contribution in [0.4, 0.5) is 5.69 Å². The molecular formula is C21H19N3O2S. The topological polar surface area (TPSA) is 71.1 Å². The molecule has 1 aliphatic carbocycles. The van der Waals surface area contributed by atoms with Gasteiger partial charge >= 0.3 is 0 Å². The molecule has 6 heteroatoms. The number of para-hydroxylation sites is 1. The van der Waals surface area contributed by atoms with Crippen molar-refractivity contribution in [2.45, 2.75) is 25.8 Å². The van der Waals surface area contributed by atoms with Gasteiger partial charge in [0.1, 0.15) is 5.01 Å². The van der Waals surface area contributed by atoms with Crippen molar-refractivity contribution in [2.75, 3.05) is 5.32 Å². The van der Waals surface area contributed by atoms with Crippen molar-refractivity contribution in [2.24, 2.45) is 0 Å². The number of carbonyl (C=O) groups is 2. The van der Waals surface area contributed by atoms with Gasteiger partial charge < -0.3 is 10.6 Å². The molecule has 3 aromatic rings. The number of aryl methyl sites for hydroxylation is 1. The molecule has 5 nitrogen and oxygen atoms in total. The second kappa shape index (κ2) is 7.32. The molecule has 0 spiro atoms. The average Bonchev–Trinajstić information content (AvgIpc) is 3.39. The molecule has 2 amide bonds. The highest BCUT2D eigenvalue weighted by Crippen LogP contribution is 2.25. The number of amides is 2. The summed E-state index contributed by atoms with van der Waals surface area (Å²) < 4.78 is 0. The van der Waals surface area contributed by atoms with Crippen LogP contribution in [0.2, 0.25) is 0 Å². The highest BCUT2D eigenvalue weighted by Gasteiger charge is 2.25. The number of nitrogens with zero attached hydrogens (tertiary/aromatic N) is 1. The van der Waals surface area contributed by atoms with Crippen LogP contribution < -0.4 is 10.6 Å². The van der Waals surface area contributed by atoms with Crippen LogP contribution in [0.3, 0.4) is 0 Å². The number of carbonyl (C=O) groups excluding carboxylic acids is 2. The summed E-state index contributed by atoms with van der Waals surface area (Å²) in [6, 6.07) is 14.6.